The average molecular weight is 391 g/mol. The van der Waals surface area contributed by atoms with E-state index < -0.39 is 29.2 Å². The molecule has 8 heteroatoms. The minimum absolute atomic E-state index is 0.0833. The highest BCUT2D eigenvalue weighted by molar-refractivity contribution is 5.69. The summed E-state index contributed by atoms with van der Waals surface area (Å²) < 4.78 is 18.6. The first-order valence-corrected chi connectivity index (χ1v) is 9.03. The molecule has 0 spiro atoms. The second kappa shape index (κ2) is 7.66. The summed E-state index contributed by atoms with van der Waals surface area (Å²) in [5, 5.41) is 29.6. The summed E-state index contributed by atoms with van der Waals surface area (Å²) >= 11 is 0. The molecule has 2 N–H and O–H groups in total. The number of amides is 1. The summed E-state index contributed by atoms with van der Waals surface area (Å²) in [5.41, 5.74) is 5.43. The monoisotopic (exact) mass is 391 g/mol. The number of allylic oxidation sites excluding steroid dienone is 2. The second-order valence-electron chi connectivity index (χ2n) is 6.83. The molecular formula is C21H18FN5O2. The molecule has 0 aromatic heterocycles. The van der Waals surface area contributed by atoms with Crippen LogP contribution >= 0.6 is 0 Å². The third-order valence-electron chi connectivity index (χ3n) is 5.42. The van der Waals surface area contributed by atoms with Gasteiger partial charge in [-0.2, -0.15) is 15.8 Å². The normalized spacial score (nSPS) is 22.4. The number of ether oxygens (including phenoxy) is 1. The fourth-order valence-electron chi connectivity index (χ4n) is 4.09. The highest BCUT2D eigenvalue weighted by Gasteiger charge is 2.54. The van der Waals surface area contributed by atoms with Gasteiger partial charge in [-0.15, -0.1) is 0 Å². The molecule has 1 aromatic rings. The van der Waals surface area contributed by atoms with E-state index in [-0.39, 0.29) is 31.0 Å². The number of benzene rings is 1. The molecule has 1 amide bonds. The van der Waals surface area contributed by atoms with Gasteiger partial charge < -0.3 is 15.4 Å². The van der Waals surface area contributed by atoms with Gasteiger partial charge in [0.2, 0.25) is 0 Å². The predicted octanol–water partition coefficient (Wildman–Crippen LogP) is 2.71. The van der Waals surface area contributed by atoms with Gasteiger partial charge in [0.1, 0.15) is 11.9 Å². The van der Waals surface area contributed by atoms with E-state index in [2.05, 4.69) is 0 Å². The zero-order valence-corrected chi connectivity index (χ0v) is 15.7. The van der Waals surface area contributed by atoms with Crippen LogP contribution < -0.4 is 5.73 Å². The zero-order chi connectivity index (χ0) is 21.2. The standard InChI is InChI=1S/C21H18FN5O2/c1-2-29-20(28)27-8-7-15-16(9-23)19(26)21(11-24,12-25)18(17(15)10-27)13-3-5-14(22)6-4-13/h3-7,17-18H,2,8,10,26H2,1H3/t17-,18+/m1/s1. The number of carbonyl (C=O) groups is 1. The van der Waals surface area contributed by atoms with Gasteiger partial charge in [0, 0.05) is 24.9 Å². The van der Waals surface area contributed by atoms with E-state index in [0.717, 1.165) is 0 Å². The Hall–Kier alpha value is -3.83. The molecular weight excluding hydrogens is 373 g/mol. The lowest BCUT2D eigenvalue weighted by atomic mass is 9.58. The van der Waals surface area contributed by atoms with E-state index >= 15 is 0 Å². The summed E-state index contributed by atoms with van der Waals surface area (Å²) in [4.78, 5) is 13.7. The Labute approximate surface area is 167 Å². The number of carbonyl (C=O) groups excluding carboxylic acids is 1. The van der Waals surface area contributed by atoms with Crippen molar-refractivity contribution in [2.45, 2.75) is 12.8 Å². The quantitative estimate of drug-likeness (QED) is 0.826. The van der Waals surface area contributed by atoms with Crippen molar-refractivity contribution >= 4 is 6.09 Å². The Morgan fingerprint density at radius 2 is 1.97 bits per heavy atom. The van der Waals surface area contributed by atoms with Gasteiger partial charge in [0.25, 0.3) is 0 Å². The SMILES string of the molecule is CCOC(=O)N1CC=C2C(C#N)=C(N)C(C#N)(C#N)[C@@H](c3ccc(F)cc3)[C@@H]2C1. The van der Waals surface area contributed by atoms with Gasteiger partial charge in [0.15, 0.2) is 5.41 Å². The molecule has 1 aliphatic carbocycles. The summed E-state index contributed by atoms with van der Waals surface area (Å²) in [5.74, 6) is -1.81. The van der Waals surface area contributed by atoms with Crippen LogP contribution in [0.4, 0.5) is 9.18 Å². The fourth-order valence-corrected chi connectivity index (χ4v) is 4.09. The van der Waals surface area contributed by atoms with Crippen LogP contribution in [-0.2, 0) is 4.74 Å². The Bertz CT molecular complexity index is 1010. The minimum atomic E-state index is -1.83. The molecule has 2 atom stereocenters. The van der Waals surface area contributed by atoms with Crippen molar-refractivity contribution in [3.05, 3.63) is 58.6 Å². The first kappa shape index (κ1) is 19.9. The van der Waals surface area contributed by atoms with Crippen LogP contribution in [0.1, 0.15) is 18.4 Å². The van der Waals surface area contributed by atoms with Crippen molar-refractivity contribution < 1.29 is 13.9 Å². The van der Waals surface area contributed by atoms with E-state index in [9.17, 15) is 25.0 Å². The molecule has 7 nitrogen and oxygen atoms in total. The molecule has 0 bridgehead atoms. The number of nitriles is 3. The highest BCUT2D eigenvalue weighted by atomic mass is 19.1. The number of nitrogens with zero attached hydrogens (tertiary/aromatic N) is 4. The summed E-state index contributed by atoms with van der Waals surface area (Å²) in [6.45, 7) is 2.24. The lowest BCUT2D eigenvalue weighted by Crippen LogP contribution is -2.49. The Balaban J connectivity index is 2.23. The van der Waals surface area contributed by atoms with Crippen LogP contribution in [0, 0.1) is 51.1 Å². The average Bonchev–Trinajstić information content (AvgIpc) is 2.74. The van der Waals surface area contributed by atoms with Crippen LogP contribution in [0.5, 0.6) is 0 Å². The molecule has 0 unspecified atom stereocenters. The van der Waals surface area contributed by atoms with Crippen molar-refractivity contribution in [2.75, 3.05) is 19.7 Å². The molecule has 0 radical (unpaired) electrons. The molecule has 1 aliphatic heterocycles. The van der Waals surface area contributed by atoms with E-state index in [4.69, 9.17) is 10.5 Å². The molecule has 29 heavy (non-hydrogen) atoms. The molecule has 0 fully saturated rings. The second-order valence-corrected chi connectivity index (χ2v) is 6.83. The maximum Gasteiger partial charge on any atom is 0.410 e. The molecule has 2 aliphatic rings. The van der Waals surface area contributed by atoms with Crippen molar-refractivity contribution in [2.24, 2.45) is 17.1 Å². The first-order chi connectivity index (χ1) is 13.9. The van der Waals surface area contributed by atoms with E-state index in [1.165, 1.54) is 29.2 Å². The summed E-state index contributed by atoms with van der Waals surface area (Å²) in [6.07, 6.45) is 1.17. The van der Waals surface area contributed by atoms with Gasteiger partial charge >= 0.3 is 6.09 Å². The molecule has 1 heterocycles. The van der Waals surface area contributed by atoms with Crippen molar-refractivity contribution in [3.8, 4) is 18.2 Å². The van der Waals surface area contributed by atoms with Crippen molar-refractivity contribution in [3.63, 3.8) is 0 Å². The molecule has 1 aromatic carbocycles. The Kier molecular flexibility index (Phi) is 5.26. The van der Waals surface area contributed by atoms with Crippen LogP contribution in [0.3, 0.4) is 0 Å². The van der Waals surface area contributed by atoms with Gasteiger partial charge in [-0.25, -0.2) is 9.18 Å². The molecule has 0 saturated heterocycles. The maximum absolute atomic E-state index is 13.5. The zero-order valence-electron chi connectivity index (χ0n) is 15.7. The van der Waals surface area contributed by atoms with Crippen molar-refractivity contribution in [1.82, 2.24) is 4.90 Å². The Morgan fingerprint density at radius 1 is 1.31 bits per heavy atom. The lowest BCUT2D eigenvalue weighted by molar-refractivity contribution is 0.0999. The molecule has 0 saturated carbocycles. The number of hydrogen-bond acceptors (Lipinski definition) is 6. The van der Waals surface area contributed by atoms with Gasteiger partial charge in [-0.05, 0) is 30.2 Å². The van der Waals surface area contributed by atoms with Gasteiger partial charge in [0.05, 0.1) is 30.0 Å². The predicted molar refractivity (Wildman–Crippen MR) is 99.8 cm³/mol. The maximum atomic E-state index is 13.5. The number of halogens is 1. The number of nitrogens with two attached hydrogens (primary N) is 1. The number of fused-ring (bicyclic) bond motifs is 1. The van der Waals surface area contributed by atoms with E-state index in [0.29, 0.717) is 11.1 Å². The van der Waals surface area contributed by atoms with E-state index in [1.54, 1.807) is 13.0 Å². The molecule has 146 valence electrons. The Morgan fingerprint density at radius 3 is 2.52 bits per heavy atom. The van der Waals surface area contributed by atoms with E-state index in [1.807, 2.05) is 18.2 Å². The largest absolute Gasteiger partial charge is 0.450 e. The number of hydrogen-bond donors (Lipinski definition) is 1. The van der Waals surface area contributed by atoms with Crippen LogP contribution in [0.25, 0.3) is 0 Å². The van der Waals surface area contributed by atoms with Gasteiger partial charge in [-0.1, -0.05) is 18.2 Å². The third kappa shape index (κ3) is 3.07. The summed E-state index contributed by atoms with van der Waals surface area (Å²) in [6, 6.07) is 11.5. The third-order valence-corrected chi connectivity index (χ3v) is 5.42. The topological polar surface area (TPSA) is 127 Å². The van der Waals surface area contributed by atoms with Crippen LogP contribution in [0.15, 0.2) is 47.2 Å². The molecule has 3 rings (SSSR count). The number of rotatable bonds is 2. The first-order valence-electron chi connectivity index (χ1n) is 9.03. The highest BCUT2D eigenvalue weighted by Crippen LogP contribution is 2.54. The minimum Gasteiger partial charge on any atom is -0.450 e. The fraction of sp³-hybridized carbons (Fsp3) is 0.333. The van der Waals surface area contributed by atoms with Crippen LogP contribution in [-0.4, -0.2) is 30.7 Å². The van der Waals surface area contributed by atoms with Gasteiger partial charge in [-0.3, -0.25) is 0 Å². The lowest BCUT2D eigenvalue weighted by Gasteiger charge is -2.45. The summed E-state index contributed by atoms with van der Waals surface area (Å²) in [7, 11) is 0. The smallest absolute Gasteiger partial charge is 0.410 e. The van der Waals surface area contributed by atoms with Crippen LogP contribution in [0.2, 0.25) is 0 Å². The van der Waals surface area contributed by atoms with Crippen molar-refractivity contribution in [1.29, 1.82) is 15.8 Å².